The Bertz CT molecular complexity index is 555. The molecule has 2 aliphatic rings. The van der Waals surface area contributed by atoms with Crippen LogP contribution in [0.5, 0.6) is 0 Å². The topological polar surface area (TPSA) is 74.6 Å². The largest absolute Gasteiger partial charge is 0.357 e. The molecule has 0 saturated carbocycles. The third-order valence-corrected chi connectivity index (χ3v) is 4.67. The molecular weight excluding hydrogens is 292 g/mol. The normalized spacial score (nSPS) is 25.0. The molecule has 2 fully saturated rings. The predicted octanol–water partition coefficient (Wildman–Crippen LogP) is 0.451. The number of carbonyl (C=O) groups is 1. The van der Waals surface area contributed by atoms with Crippen molar-refractivity contribution in [1.82, 2.24) is 25.1 Å². The van der Waals surface area contributed by atoms with Crippen LogP contribution in [-0.4, -0.2) is 59.0 Å². The van der Waals surface area contributed by atoms with Gasteiger partial charge in [0.1, 0.15) is 0 Å². The van der Waals surface area contributed by atoms with Crippen molar-refractivity contribution >= 4 is 11.9 Å². The zero-order valence-corrected chi connectivity index (χ0v) is 13.8. The van der Waals surface area contributed by atoms with E-state index in [1.165, 1.54) is 0 Å². The SMILES string of the molecule is CCNC(=NCCn1ccnc1)N1CCCC2(CNC(=O)C2)C1. The van der Waals surface area contributed by atoms with Crippen LogP contribution in [0.3, 0.4) is 0 Å². The highest BCUT2D eigenvalue weighted by Crippen LogP contribution is 2.35. The Balaban J connectivity index is 1.63. The third-order valence-electron chi connectivity index (χ3n) is 4.67. The van der Waals surface area contributed by atoms with Gasteiger partial charge in [0.2, 0.25) is 5.91 Å². The van der Waals surface area contributed by atoms with Crippen molar-refractivity contribution in [3.05, 3.63) is 18.7 Å². The summed E-state index contributed by atoms with van der Waals surface area (Å²) in [4.78, 5) is 22.8. The molecule has 2 N–H and O–H groups in total. The van der Waals surface area contributed by atoms with Crippen molar-refractivity contribution in [3.8, 4) is 0 Å². The van der Waals surface area contributed by atoms with E-state index in [9.17, 15) is 4.79 Å². The number of piperidine rings is 1. The molecule has 1 amide bonds. The fourth-order valence-electron chi connectivity index (χ4n) is 3.55. The van der Waals surface area contributed by atoms with E-state index >= 15 is 0 Å². The Labute approximate surface area is 137 Å². The van der Waals surface area contributed by atoms with E-state index in [4.69, 9.17) is 4.99 Å². The second-order valence-corrected chi connectivity index (χ2v) is 6.51. The quantitative estimate of drug-likeness (QED) is 0.624. The molecule has 3 heterocycles. The van der Waals surface area contributed by atoms with Crippen LogP contribution in [-0.2, 0) is 11.3 Å². The maximum atomic E-state index is 11.6. The summed E-state index contributed by atoms with van der Waals surface area (Å²) in [6.45, 7) is 7.20. The molecule has 1 aromatic heterocycles. The van der Waals surface area contributed by atoms with Gasteiger partial charge in [-0.15, -0.1) is 0 Å². The van der Waals surface area contributed by atoms with Gasteiger partial charge in [-0.2, -0.15) is 0 Å². The zero-order valence-electron chi connectivity index (χ0n) is 13.8. The van der Waals surface area contributed by atoms with Gasteiger partial charge in [0.25, 0.3) is 0 Å². The van der Waals surface area contributed by atoms with Crippen LogP contribution in [0.4, 0.5) is 0 Å². The number of hydrogen-bond acceptors (Lipinski definition) is 3. The van der Waals surface area contributed by atoms with Crippen molar-refractivity contribution in [3.63, 3.8) is 0 Å². The number of imidazole rings is 1. The number of aromatic nitrogens is 2. The van der Waals surface area contributed by atoms with Crippen molar-refractivity contribution < 1.29 is 4.79 Å². The number of nitrogens with zero attached hydrogens (tertiary/aromatic N) is 4. The van der Waals surface area contributed by atoms with E-state index in [1.807, 2.05) is 17.1 Å². The van der Waals surface area contributed by atoms with Gasteiger partial charge in [-0.05, 0) is 19.8 Å². The number of nitrogens with one attached hydrogen (secondary N) is 2. The molecular formula is C16H26N6O. The highest BCUT2D eigenvalue weighted by atomic mass is 16.1. The zero-order chi connectivity index (χ0) is 16.1. The minimum absolute atomic E-state index is 0.0931. The molecule has 1 atom stereocenters. The molecule has 7 heteroatoms. The third kappa shape index (κ3) is 3.83. The van der Waals surface area contributed by atoms with E-state index in [0.717, 1.165) is 58.1 Å². The second kappa shape index (κ2) is 7.02. The molecule has 0 radical (unpaired) electrons. The molecule has 0 aromatic carbocycles. The van der Waals surface area contributed by atoms with Gasteiger partial charge in [0.15, 0.2) is 5.96 Å². The van der Waals surface area contributed by atoms with Crippen molar-refractivity contribution in [1.29, 1.82) is 0 Å². The molecule has 0 aliphatic carbocycles. The predicted molar refractivity (Wildman–Crippen MR) is 89.1 cm³/mol. The fourth-order valence-corrected chi connectivity index (χ4v) is 3.55. The van der Waals surface area contributed by atoms with Crippen LogP contribution in [0.2, 0.25) is 0 Å². The van der Waals surface area contributed by atoms with Crippen molar-refractivity contribution in [2.75, 3.05) is 32.7 Å². The molecule has 2 aliphatic heterocycles. The highest BCUT2D eigenvalue weighted by Gasteiger charge is 2.42. The minimum Gasteiger partial charge on any atom is -0.357 e. The van der Waals surface area contributed by atoms with E-state index in [-0.39, 0.29) is 11.3 Å². The van der Waals surface area contributed by atoms with Crippen molar-refractivity contribution in [2.45, 2.75) is 32.7 Å². The van der Waals surface area contributed by atoms with Gasteiger partial charge in [0.05, 0.1) is 12.9 Å². The van der Waals surface area contributed by atoms with Gasteiger partial charge in [-0.1, -0.05) is 0 Å². The monoisotopic (exact) mass is 318 g/mol. The summed E-state index contributed by atoms with van der Waals surface area (Å²) in [6, 6.07) is 0. The number of rotatable bonds is 4. The molecule has 3 rings (SSSR count). The molecule has 126 valence electrons. The number of likely N-dealkylation sites (tertiary alicyclic amines) is 1. The number of guanidine groups is 1. The lowest BCUT2D eigenvalue weighted by molar-refractivity contribution is -0.119. The summed E-state index contributed by atoms with van der Waals surface area (Å²) in [5.41, 5.74) is 0.0931. The summed E-state index contributed by atoms with van der Waals surface area (Å²) in [5, 5.41) is 6.39. The summed E-state index contributed by atoms with van der Waals surface area (Å²) in [6.07, 6.45) is 8.44. The first kappa shape index (κ1) is 15.8. The molecule has 1 aromatic rings. The van der Waals surface area contributed by atoms with Crippen LogP contribution < -0.4 is 10.6 Å². The van der Waals surface area contributed by atoms with E-state index < -0.39 is 0 Å². The first-order chi connectivity index (χ1) is 11.2. The summed E-state index contributed by atoms with van der Waals surface area (Å²) in [5.74, 6) is 1.15. The van der Waals surface area contributed by atoms with Crippen LogP contribution in [0.25, 0.3) is 0 Å². The van der Waals surface area contributed by atoms with Crippen LogP contribution in [0.1, 0.15) is 26.2 Å². The summed E-state index contributed by atoms with van der Waals surface area (Å²) in [7, 11) is 0. The molecule has 1 spiro atoms. The highest BCUT2D eigenvalue weighted by molar-refractivity contribution is 5.81. The maximum absolute atomic E-state index is 11.6. The van der Waals surface area contributed by atoms with Gasteiger partial charge < -0.3 is 20.1 Å². The van der Waals surface area contributed by atoms with Crippen LogP contribution in [0, 0.1) is 5.41 Å². The smallest absolute Gasteiger partial charge is 0.220 e. The standard InChI is InChI=1S/C16H26N6O/c1-2-18-15(19-6-9-21-8-5-17-13-21)22-7-3-4-16(12-22)10-14(23)20-11-16/h5,8,13H,2-4,6-7,9-12H2,1H3,(H,18,19)(H,20,23). The second-order valence-electron chi connectivity index (χ2n) is 6.51. The number of carbonyl (C=O) groups excluding carboxylic acids is 1. The average Bonchev–Trinajstić information content (AvgIpc) is 3.17. The Morgan fingerprint density at radius 3 is 3.17 bits per heavy atom. The first-order valence-electron chi connectivity index (χ1n) is 8.46. The lowest BCUT2D eigenvalue weighted by atomic mass is 9.79. The minimum atomic E-state index is 0.0931. The average molecular weight is 318 g/mol. The Morgan fingerprint density at radius 2 is 2.48 bits per heavy atom. The van der Waals surface area contributed by atoms with Gasteiger partial charge in [-0.25, -0.2) is 4.98 Å². The Morgan fingerprint density at radius 1 is 1.57 bits per heavy atom. The Hall–Kier alpha value is -2.05. The fraction of sp³-hybridized carbons (Fsp3) is 0.688. The Kier molecular flexibility index (Phi) is 4.83. The van der Waals surface area contributed by atoms with E-state index in [0.29, 0.717) is 6.42 Å². The van der Waals surface area contributed by atoms with E-state index in [1.54, 1.807) is 6.20 Å². The summed E-state index contributed by atoms with van der Waals surface area (Å²) >= 11 is 0. The molecule has 23 heavy (non-hydrogen) atoms. The van der Waals surface area contributed by atoms with Gasteiger partial charge in [-0.3, -0.25) is 9.79 Å². The molecule has 0 bridgehead atoms. The lowest BCUT2D eigenvalue weighted by Crippen LogP contribution is -2.51. The van der Waals surface area contributed by atoms with Crippen LogP contribution >= 0.6 is 0 Å². The molecule has 7 nitrogen and oxygen atoms in total. The summed E-state index contributed by atoms with van der Waals surface area (Å²) < 4.78 is 2.03. The lowest BCUT2D eigenvalue weighted by Gasteiger charge is -2.40. The number of aliphatic imine (C=N–C) groups is 1. The number of hydrogen-bond donors (Lipinski definition) is 2. The van der Waals surface area contributed by atoms with Crippen LogP contribution in [0.15, 0.2) is 23.7 Å². The first-order valence-corrected chi connectivity index (χ1v) is 8.46. The maximum Gasteiger partial charge on any atom is 0.220 e. The van der Waals surface area contributed by atoms with E-state index in [2.05, 4.69) is 27.4 Å². The number of amides is 1. The van der Waals surface area contributed by atoms with Crippen molar-refractivity contribution in [2.24, 2.45) is 10.4 Å². The molecule has 1 unspecified atom stereocenters. The van der Waals surface area contributed by atoms with Gasteiger partial charge >= 0.3 is 0 Å². The molecule has 2 saturated heterocycles. The van der Waals surface area contributed by atoms with Gasteiger partial charge in [0, 0.05) is 57.0 Å².